The average molecular weight is 204 g/mol. The van der Waals surface area contributed by atoms with E-state index >= 15 is 0 Å². The number of hydrogen-bond donors (Lipinski definition) is 1. The molecule has 1 aliphatic carbocycles. The molecule has 1 N–H and O–H groups in total. The Morgan fingerprint density at radius 2 is 1.93 bits per heavy atom. The van der Waals surface area contributed by atoms with Gasteiger partial charge in [0.25, 0.3) is 0 Å². The molecular formula is C13H16O2. The molecule has 2 atom stereocenters. The number of rotatable bonds is 0. The van der Waals surface area contributed by atoms with Crippen molar-refractivity contribution >= 4 is 0 Å². The van der Waals surface area contributed by atoms with Crippen molar-refractivity contribution in [3.05, 3.63) is 29.8 Å². The first-order valence-corrected chi connectivity index (χ1v) is 5.67. The van der Waals surface area contributed by atoms with Gasteiger partial charge in [0.15, 0.2) is 0 Å². The third kappa shape index (κ3) is 1.03. The van der Waals surface area contributed by atoms with Crippen LogP contribution < -0.4 is 4.74 Å². The summed E-state index contributed by atoms with van der Waals surface area (Å²) in [7, 11) is 0. The lowest BCUT2D eigenvalue weighted by molar-refractivity contribution is -0.187. The van der Waals surface area contributed by atoms with Gasteiger partial charge in [-0.1, -0.05) is 24.6 Å². The number of hydrogen-bond acceptors (Lipinski definition) is 2. The molecule has 1 saturated carbocycles. The molecule has 2 nitrogen and oxygen atoms in total. The van der Waals surface area contributed by atoms with Crippen LogP contribution in [0.3, 0.4) is 0 Å². The van der Waals surface area contributed by atoms with Gasteiger partial charge in [-0.05, 0) is 25.8 Å². The summed E-state index contributed by atoms with van der Waals surface area (Å²) in [6.45, 7) is 2.12. The molecule has 3 rings (SSSR count). The number of ether oxygens (including phenoxy) is 1. The van der Waals surface area contributed by atoms with E-state index in [9.17, 15) is 5.11 Å². The lowest BCUT2D eigenvalue weighted by atomic mass is 9.68. The van der Waals surface area contributed by atoms with E-state index in [1.165, 1.54) is 12.0 Å². The van der Waals surface area contributed by atoms with Gasteiger partial charge >= 0.3 is 0 Å². The van der Waals surface area contributed by atoms with Crippen LogP contribution in [-0.2, 0) is 5.41 Å². The highest BCUT2D eigenvalue weighted by Crippen LogP contribution is 2.54. The first kappa shape index (κ1) is 9.22. The van der Waals surface area contributed by atoms with E-state index in [0.29, 0.717) is 0 Å². The number of aliphatic hydroxyl groups is 1. The third-order valence-electron chi connectivity index (χ3n) is 4.06. The highest BCUT2D eigenvalue weighted by atomic mass is 16.6. The van der Waals surface area contributed by atoms with Crippen LogP contribution in [0, 0.1) is 0 Å². The Morgan fingerprint density at radius 1 is 1.20 bits per heavy atom. The van der Waals surface area contributed by atoms with Gasteiger partial charge in [-0.25, -0.2) is 0 Å². The van der Waals surface area contributed by atoms with Gasteiger partial charge in [0.2, 0.25) is 5.79 Å². The molecule has 0 amide bonds. The molecule has 2 heteroatoms. The maximum atomic E-state index is 10.6. The van der Waals surface area contributed by atoms with Crippen molar-refractivity contribution in [3.63, 3.8) is 0 Å². The lowest BCUT2D eigenvalue weighted by Gasteiger charge is -2.41. The van der Waals surface area contributed by atoms with E-state index in [2.05, 4.69) is 13.0 Å². The molecule has 80 valence electrons. The van der Waals surface area contributed by atoms with Crippen molar-refractivity contribution in [1.82, 2.24) is 0 Å². The summed E-state index contributed by atoms with van der Waals surface area (Å²) in [5.74, 6) is -0.0982. The van der Waals surface area contributed by atoms with E-state index in [4.69, 9.17) is 4.74 Å². The summed E-state index contributed by atoms with van der Waals surface area (Å²) < 4.78 is 5.76. The van der Waals surface area contributed by atoms with Crippen molar-refractivity contribution < 1.29 is 9.84 Å². The fraction of sp³-hybridized carbons (Fsp3) is 0.538. The molecule has 1 aromatic rings. The second kappa shape index (κ2) is 2.76. The molecule has 0 radical (unpaired) electrons. The third-order valence-corrected chi connectivity index (χ3v) is 4.06. The summed E-state index contributed by atoms with van der Waals surface area (Å²) in [5.41, 5.74) is 0.967. The first-order valence-electron chi connectivity index (χ1n) is 5.67. The Bertz CT molecular complexity index is 401. The molecule has 0 saturated heterocycles. The summed E-state index contributed by atoms with van der Waals surface area (Å²) >= 11 is 0. The van der Waals surface area contributed by atoms with Crippen LogP contribution >= 0.6 is 0 Å². The Hall–Kier alpha value is -1.02. The summed E-state index contributed by atoms with van der Waals surface area (Å²) in [6, 6.07) is 8.02. The van der Waals surface area contributed by atoms with Crippen molar-refractivity contribution in [1.29, 1.82) is 0 Å². The van der Waals surface area contributed by atoms with E-state index < -0.39 is 5.79 Å². The molecule has 1 aliphatic heterocycles. The van der Waals surface area contributed by atoms with Gasteiger partial charge in [0.05, 0.1) is 5.41 Å². The summed E-state index contributed by atoms with van der Waals surface area (Å²) in [4.78, 5) is 0. The minimum Gasteiger partial charge on any atom is -0.461 e. The van der Waals surface area contributed by atoms with E-state index in [-0.39, 0.29) is 5.41 Å². The van der Waals surface area contributed by atoms with Crippen LogP contribution in [0.5, 0.6) is 5.75 Å². The zero-order valence-corrected chi connectivity index (χ0v) is 8.99. The highest BCUT2D eigenvalue weighted by molar-refractivity contribution is 5.46. The summed E-state index contributed by atoms with van der Waals surface area (Å²) in [5, 5.41) is 10.6. The first-order chi connectivity index (χ1) is 7.16. The van der Waals surface area contributed by atoms with E-state index in [0.717, 1.165) is 25.0 Å². The van der Waals surface area contributed by atoms with Crippen LogP contribution in [0.1, 0.15) is 38.2 Å². The number of benzene rings is 1. The van der Waals surface area contributed by atoms with Gasteiger partial charge in [-0.15, -0.1) is 0 Å². The normalized spacial score (nSPS) is 38.0. The predicted molar refractivity (Wildman–Crippen MR) is 57.8 cm³/mol. The second-order valence-electron chi connectivity index (χ2n) is 4.92. The fourth-order valence-corrected chi connectivity index (χ4v) is 3.02. The molecule has 2 aliphatic rings. The van der Waals surface area contributed by atoms with Gasteiger partial charge in [-0.2, -0.15) is 0 Å². The van der Waals surface area contributed by atoms with Gasteiger partial charge in [0, 0.05) is 12.0 Å². The van der Waals surface area contributed by atoms with Gasteiger partial charge in [-0.3, -0.25) is 0 Å². The molecular weight excluding hydrogens is 188 g/mol. The largest absolute Gasteiger partial charge is 0.461 e. The minimum atomic E-state index is -0.963. The Morgan fingerprint density at radius 3 is 2.80 bits per heavy atom. The zero-order chi connectivity index (χ0) is 10.5. The molecule has 0 bridgehead atoms. The second-order valence-corrected chi connectivity index (χ2v) is 4.92. The quantitative estimate of drug-likeness (QED) is 0.704. The van der Waals surface area contributed by atoms with Crippen LogP contribution in [0.4, 0.5) is 0 Å². The van der Waals surface area contributed by atoms with Crippen molar-refractivity contribution in [2.24, 2.45) is 0 Å². The lowest BCUT2D eigenvalue weighted by Crippen LogP contribution is -2.51. The summed E-state index contributed by atoms with van der Waals surface area (Å²) in [6.07, 6.45) is 4.00. The topological polar surface area (TPSA) is 29.5 Å². The maximum Gasteiger partial charge on any atom is 0.217 e. The SMILES string of the molecule is CC12CCCCC1(O)Oc1ccccc12. The van der Waals surface area contributed by atoms with Crippen LogP contribution in [-0.4, -0.2) is 10.9 Å². The molecule has 1 fully saturated rings. The minimum absolute atomic E-state index is 0.207. The molecule has 1 heterocycles. The van der Waals surface area contributed by atoms with E-state index in [1.807, 2.05) is 18.2 Å². The molecule has 0 spiro atoms. The van der Waals surface area contributed by atoms with Gasteiger partial charge < -0.3 is 9.84 Å². The predicted octanol–water partition coefficient (Wildman–Crippen LogP) is 2.60. The smallest absolute Gasteiger partial charge is 0.217 e. The Kier molecular flexibility index (Phi) is 1.70. The maximum absolute atomic E-state index is 10.6. The van der Waals surface area contributed by atoms with Crippen LogP contribution in [0.25, 0.3) is 0 Å². The fourth-order valence-electron chi connectivity index (χ4n) is 3.02. The number of fused-ring (bicyclic) bond motifs is 3. The average Bonchev–Trinajstić information content (AvgIpc) is 2.47. The van der Waals surface area contributed by atoms with Crippen LogP contribution in [0.15, 0.2) is 24.3 Å². The monoisotopic (exact) mass is 204 g/mol. The Balaban J connectivity index is 2.17. The van der Waals surface area contributed by atoms with Crippen LogP contribution in [0.2, 0.25) is 0 Å². The molecule has 1 aromatic carbocycles. The van der Waals surface area contributed by atoms with E-state index in [1.54, 1.807) is 0 Å². The van der Waals surface area contributed by atoms with Gasteiger partial charge in [0.1, 0.15) is 5.75 Å². The molecule has 15 heavy (non-hydrogen) atoms. The Labute approximate surface area is 89.9 Å². The molecule has 0 aromatic heterocycles. The van der Waals surface area contributed by atoms with Crippen molar-refractivity contribution in [3.8, 4) is 5.75 Å². The zero-order valence-electron chi connectivity index (χ0n) is 8.99. The standard InChI is InChI=1S/C13H16O2/c1-12-8-4-5-9-13(12,14)15-11-7-3-2-6-10(11)12/h2-3,6-7,14H,4-5,8-9H2,1H3. The highest BCUT2D eigenvalue weighted by Gasteiger charge is 2.57. The molecule has 2 unspecified atom stereocenters. The van der Waals surface area contributed by atoms with Crippen molar-refractivity contribution in [2.75, 3.05) is 0 Å². The number of para-hydroxylation sites is 1. The van der Waals surface area contributed by atoms with Crippen molar-refractivity contribution in [2.45, 2.75) is 43.8 Å².